The Morgan fingerprint density at radius 2 is 2.09 bits per heavy atom. The molecule has 0 bridgehead atoms. The van der Waals surface area contributed by atoms with Gasteiger partial charge in [0, 0.05) is 66.3 Å². The summed E-state index contributed by atoms with van der Waals surface area (Å²) in [6, 6.07) is 6.81. The fraction of sp³-hybridized carbons (Fsp3) is 0.409. The van der Waals surface area contributed by atoms with E-state index in [1.165, 1.54) is 0 Å². The molecule has 2 fully saturated rings. The maximum Gasteiger partial charge on any atom is 0.163 e. The highest BCUT2D eigenvalue weighted by Crippen LogP contribution is 2.39. The Labute approximate surface area is 207 Å². The van der Waals surface area contributed by atoms with Crippen molar-refractivity contribution in [2.45, 2.75) is 38.8 Å². The standard InChI is InChI=1S/C22H23IN8OS/c1-13-12-32-10-9-29(13)19-11-18(20-14(2)27-28-31(20)15-3-4-15)25-21(26-19)16-5-7-24-22-17(16)6-8-30(22)33-23/h5-8,11,13,15H,3-4,9-10,12H2,1-2H3/t13-/m1/s1. The predicted octanol–water partition coefficient (Wildman–Crippen LogP) is 4.47. The van der Waals surface area contributed by atoms with E-state index < -0.39 is 0 Å². The van der Waals surface area contributed by atoms with Crippen molar-refractivity contribution in [2.24, 2.45) is 0 Å². The molecule has 0 spiro atoms. The average Bonchev–Trinajstić information content (AvgIpc) is 3.48. The Balaban J connectivity index is 1.56. The summed E-state index contributed by atoms with van der Waals surface area (Å²) >= 11 is 2.27. The zero-order valence-corrected chi connectivity index (χ0v) is 21.3. The first-order valence-electron chi connectivity index (χ1n) is 11.0. The van der Waals surface area contributed by atoms with Crippen molar-refractivity contribution in [3.8, 4) is 22.8 Å². The highest BCUT2D eigenvalue weighted by Gasteiger charge is 2.30. The van der Waals surface area contributed by atoms with Crippen molar-refractivity contribution in [1.82, 2.24) is 33.9 Å². The third-order valence-corrected chi connectivity index (χ3v) is 7.96. The second-order valence-electron chi connectivity index (χ2n) is 8.56. The van der Waals surface area contributed by atoms with Crippen LogP contribution in [0.3, 0.4) is 0 Å². The summed E-state index contributed by atoms with van der Waals surface area (Å²) in [7, 11) is 1.59. The Morgan fingerprint density at radius 3 is 2.88 bits per heavy atom. The van der Waals surface area contributed by atoms with Gasteiger partial charge in [0.05, 0.1) is 36.7 Å². The number of rotatable bonds is 5. The summed E-state index contributed by atoms with van der Waals surface area (Å²) in [4.78, 5) is 17.0. The number of aromatic nitrogens is 7. The van der Waals surface area contributed by atoms with E-state index in [2.05, 4.69) is 60.5 Å². The molecular weight excluding hydrogens is 551 g/mol. The Hall–Kier alpha value is -2.25. The number of hydrogen-bond acceptors (Lipinski definition) is 8. The van der Waals surface area contributed by atoms with Gasteiger partial charge in [0.2, 0.25) is 0 Å². The van der Waals surface area contributed by atoms with Crippen LogP contribution in [0.25, 0.3) is 33.8 Å². The van der Waals surface area contributed by atoms with Crippen LogP contribution in [0.4, 0.5) is 5.82 Å². The fourth-order valence-electron chi connectivity index (χ4n) is 4.41. The summed E-state index contributed by atoms with van der Waals surface area (Å²) in [5.74, 6) is 1.59. The lowest BCUT2D eigenvalue weighted by molar-refractivity contribution is 0.0985. The van der Waals surface area contributed by atoms with Crippen molar-refractivity contribution in [3.63, 3.8) is 0 Å². The highest BCUT2D eigenvalue weighted by atomic mass is 127. The minimum atomic E-state index is 0.232. The average molecular weight is 574 g/mol. The van der Waals surface area contributed by atoms with Crippen LogP contribution in [0.1, 0.15) is 31.5 Å². The molecular formula is C22H23IN8OS. The van der Waals surface area contributed by atoms with Gasteiger partial charge in [0.1, 0.15) is 11.5 Å². The van der Waals surface area contributed by atoms with E-state index in [9.17, 15) is 0 Å². The molecule has 2 aliphatic rings. The molecule has 6 rings (SSSR count). The van der Waals surface area contributed by atoms with Gasteiger partial charge in [0.15, 0.2) is 11.5 Å². The van der Waals surface area contributed by atoms with Gasteiger partial charge < -0.3 is 9.64 Å². The van der Waals surface area contributed by atoms with E-state index in [0.29, 0.717) is 25.1 Å². The molecule has 5 heterocycles. The topological polar surface area (TPSA) is 86.8 Å². The van der Waals surface area contributed by atoms with Crippen molar-refractivity contribution in [3.05, 3.63) is 36.3 Å². The zero-order valence-electron chi connectivity index (χ0n) is 18.3. The van der Waals surface area contributed by atoms with Gasteiger partial charge in [-0.25, -0.2) is 19.6 Å². The van der Waals surface area contributed by atoms with E-state index in [0.717, 1.165) is 58.9 Å². The van der Waals surface area contributed by atoms with Gasteiger partial charge in [-0.15, -0.1) is 5.10 Å². The lowest BCUT2D eigenvalue weighted by Crippen LogP contribution is -2.44. The first-order chi connectivity index (χ1) is 16.1. The minimum absolute atomic E-state index is 0.232. The van der Waals surface area contributed by atoms with E-state index >= 15 is 0 Å². The SMILES string of the molecule is Cc1nnn(C2CC2)c1-c1cc(N2CCOC[C@H]2C)nc(-c2ccnc3c2ccn3SI)n1. The van der Waals surface area contributed by atoms with E-state index in [1.807, 2.05) is 34.0 Å². The van der Waals surface area contributed by atoms with Gasteiger partial charge in [-0.05, 0) is 38.8 Å². The van der Waals surface area contributed by atoms with Gasteiger partial charge in [0.25, 0.3) is 0 Å². The molecule has 0 unspecified atom stereocenters. The smallest absolute Gasteiger partial charge is 0.163 e. The second-order valence-corrected chi connectivity index (χ2v) is 10.3. The van der Waals surface area contributed by atoms with Crippen LogP contribution in [-0.4, -0.2) is 59.7 Å². The van der Waals surface area contributed by atoms with E-state index in [4.69, 9.17) is 14.7 Å². The molecule has 170 valence electrons. The van der Waals surface area contributed by atoms with Crippen LogP contribution in [-0.2, 0) is 4.74 Å². The van der Waals surface area contributed by atoms with Gasteiger partial charge >= 0.3 is 0 Å². The van der Waals surface area contributed by atoms with Crippen molar-refractivity contribution < 1.29 is 4.74 Å². The molecule has 9 nitrogen and oxygen atoms in total. The number of ether oxygens (including phenoxy) is 1. The van der Waals surface area contributed by atoms with Crippen LogP contribution < -0.4 is 4.90 Å². The Kier molecular flexibility index (Phi) is 5.49. The molecule has 1 saturated carbocycles. The van der Waals surface area contributed by atoms with Crippen LogP contribution in [0, 0.1) is 6.92 Å². The molecule has 33 heavy (non-hydrogen) atoms. The highest BCUT2D eigenvalue weighted by molar-refractivity contribution is 14.2. The van der Waals surface area contributed by atoms with Crippen LogP contribution in [0.5, 0.6) is 0 Å². The Morgan fingerprint density at radius 1 is 1.21 bits per heavy atom. The van der Waals surface area contributed by atoms with E-state index in [1.54, 1.807) is 9.12 Å². The number of halogens is 1. The number of nitrogens with zero attached hydrogens (tertiary/aromatic N) is 8. The first-order valence-corrected chi connectivity index (χ1v) is 14.4. The molecule has 0 N–H and O–H groups in total. The Bertz CT molecular complexity index is 1330. The van der Waals surface area contributed by atoms with Crippen LogP contribution in [0.15, 0.2) is 30.6 Å². The maximum absolute atomic E-state index is 5.68. The second kappa shape index (κ2) is 8.51. The summed E-state index contributed by atoms with van der Waals surface area (Å²) in [5.41, 5.74) is 4.60. The number of fused-ring (bicyclic) bond motifs is 1. The molecule has 4 aromatic rings. The van der Waals surface area contributed by atoms with Crippen molar-refractivity contribution in [2.75, 3.05) is 24.7 Å². The number of aryl methyl sites for hydroxylation is 1. The molecule has 0 amide bonds. The van der Waals surface area contributed by atoms with Gasteiger partial charge in [-0.3, -0.25) is 3.97 Å². The lowest BCUT2D eigenvalue weighted by atomic mass is 10.1. The molecule has 1 saturated heterocycles. The number of anilines is 1. The third-order valence-electron chi connectivity index (χ3n) is 6.24. The summed E-state index contributed by atoms with van der Waals surface area (Å²) in [6.07, 6.45) is 6.12. The van der Waals surface area contributed by atoms with Crippen LogP contribution in [0.2, 0.25) is 0 Å². The van der Waals surface area contributed by atoms with E-state index in [-0.39, 0.29) is 6.04 Å². The molecule has 1 aliphatic heterocycles. The molecule has 0 aromatic carbocycles. The quantitative estimate of drug-likeness (QED) is 0.323. The number of morpholine rings is 1. The lowest BCUT2D eigenvalue weighted by Gasteiger charge is -2.34. The first kappa shape index (κ1) is 21.3. The zero-order chi connectivity index (χ0) is 22.5. The van der Waals surface area contributed by atoms with Crippen LogP contribution >= 0.6 is 30.3 Å². The molecule has 0 radical (unpaired) electrons. The van der Waals surface area contributed by atoms with Gasteiger partial charge in [-0.2, -0.15) is 0 Å². The summed E-state index contributed by atoms with van der Waals surface area (Å²) < 4.78 is 9.77. The molecule has 11 heteroatoms. The summed E-state index contributed by atoms with van der Waals surface area (Å²) in [5, 5.41) is 9.85. The van der Waals surface area contributed by atoms with Gasteiger partial charge in [-0.1, -0.05) is 5.21 Å². The third kappa shape index (κ3) is 3.79. The predicted molar refractivity (Wildman–Crippen MR) is 137 cm³/mol. The number of pyridine rings is 1. The largest absolute Gasteiger partial charge is 0.377 e. The maximum atomic E-state index is 5.68. The molecule has 1 atom stereocenters. The minimum Gasteiger partial charge on any atom is -0.377 e. The number of hydrogen-bond donors (Lipinski definition) is 0. The summed E-state index contributed by atoms with van der Waals surface area (Å²) in [6.45, 7) is 6.34. The van der Waals surface area contributed by atoms with Crippen molar-refractivity contribution in [1.29, 1.82) is 0 Å². The normalized spacial score (nSPS) is 18.9. The molecule has 4 aromatic heterocycles. The monoisotopic (exact) mass is 574 g/mol. The fourth-order valence-corrected chi connectivity index (χ4v) is 5.68. The van der Waals surface area contributed by atoms with Crippen molar-refractivity contribution >= 4 is 47.2 Å². The molecule has 1 aliphatic carbocycles.